The van der Waals surface area contributed by atoms with Gasteiger partial charge in [0.05, 0.1) is 18.8 Å². The van der Waals surface area contributed by atoms with Gasteiger partial charge in [0.15, 0.2) is 5.82 Å². The second-order valence-electron chi connectivity index (χ2n) is 6.12. The monoisotopic (exact) mass is 354 g/mol. The van der Waals surface area contributed by atoms with Crippen LogP contribution in [-0.2, 0) is 0 Å². The summed E-state index contributed by atoms with van der Waals surface area (Å²) < 4.78 is 6.92. The number of tetrazole rings is 1. The Labute approximate surface area is 149 Å². The van der Waals surface area contributed by atoms with Crippen molar-refractivity contribution in [3.63, 3.8) is 0 Å². The van der Waals surface area contributed by atoms with Crippen LogP contribution >= 0.6 is 0 Å². The van der Waals surface area contributed by atoms with Crippen molar-refractivity contribution in [2.75, 3.05) is 11.9 Å². The summed E-state index contributed by atoms with van der Waals surface area (Å²) in [6.45, 7) is 0.0492. The molecular weight excluding hydrogens is 336 g/mol. The fourth-order valence-corrected chi connectivity index (χ4v) is 2.60. The van der Waals surface area contributed by atoms with Crippen molar-refractivity contribution >= 4 is 11.7 Å². The standard InChI is InChI=1S/C17H18N6O3/c24-14(15-2-1-9-26-15)10-18-17(25)19-12-5-3-11(4-6-12)16-20-21-22-23(16)13-7-8-13/h1-6,9,13-14,24H,7-8,10H2,(H2,18,19,25). The third-order valence-corrected chi connectivity index (χ3v) is 4.11. The summed E-state index contributed by atoms with van der Waals surface area (Å²) >= 11 is 0. The maximum Gasteiger partial charge on any atom is 0.319 e. The predicted octanol–water partition coefficient (Wildman–Crippen LogP) is 2.12. The average Bonchev–Trinajstić information content (AvgIpc) is 3.14. The molecule has 0 spiro atoms. The quantitative estimate of drug-likeness (QED) is 0.624. The zero-order valence-electron chi connectivity index (χ0n) is 13.9. The summed E-state index contributed by atoms with van der Waals surface area (Å²) in [7, 11) is 0. The molecule has 1 aliphatic rings. The van der Waals surface area contributed by atoms with Crippen LogP contribution in [-0.4, -0.2) is 37.9 Å². The molecule has 3 N–H and O–H groups in total. The van der Waals surface area contributed by atoms with Crippen molar-refractivity contribution in [2.24, 2.45) is 0 Å². The van der Waals surface area contributed by atoms with E-state index in [1.807, 2.05) is 16.8 Å². The second kappa shape index (κ2) is 6.96. The Morgan fingerprint density at radius 1 is 1.31 bits per heavy atom. The summed E-state index contributed by atoms with van der Waals surface area (Å²) in [6.07, 6.45) is 2.78. The van der Waals surface area contributed by atoms with Gasteiger partial charge in [-0.3, -0.25) is 0 Å². The minimum Gasteiger partial charge on any atom is -0.467 e. The van der Waals surface area contributed by atoms with Gasteiger partial charge in [-0.2, -0.15) is 0 Å². The first-order valence-corrected chi connectivity index (χ1v) is 8.35. The maximum absolute atomic E-state index is 12.0. The number of amides is 2. The van der Waals surface area contributed by atoms with Crippen LogP contribution in [0.4, 0.5) is 10.5 Å². The minimum absolute atomic E-state index is 0.0492. The fourth-order valence-electron chi connectivity index (χ4n) is 2.60. The number of carbonyl (C=O) groups excluding carboxylic acids is 1. The number of aromatic nitrogens is 4. The number of carbonyl (C=O) groups is 1. The zero-order chi connectivity index (χ0) is 17.9. The van der Waals surface area contributed by atoms with Crippen LogP contribution in [0.25, 0.3) is 11.4 Å². The molecule has 0 saturated heterocycles. The summed E-state index contributed by atoms with van der Waals surface area (Å²) in [5, 5.41) is 27.0. The number of nitrogens with zero attached hydrogens (tertiary/aromatic N) is 4. The van der Waals surface area contributed by atoms with Gasteiger partial charge in [0, 0.05) is 11.3 Å². The van der Waals surface area contributed by atoms with E-state index in [1.165, 1.54) is 6.26 Å². The van der Waals surface area contributed by atoms with Gasteiger partial charge in [0.2, 0.25) is 0 Å². The third kappa shape index (κ3) is 3.57. The van der Waals surface area contributed by atoms with E-state index in [0.717, 1.165) is 24.2 Å². The largest absolute Gasteiger partial charge is 0.467 e. The van der Waals surface area contributed by atoms with Crippen LogP contribution in [0.2, 0.25) is 0 Å². The van der Waals surface area contributed by atoms with E-state index in [9.17, 15) is 9.90 Å². The number of anilines is 1. The fraction of sp³-hybridized carbons (Fsp3) is 0.294. The molecule has 3 aromatic rings. The Hall–Kier alpha value is -3.20. The van der Waals surface area contributed by atoms with Crippen molar-refractivity contribution in [1.82, 2.24) is 25.5 Å². The van der Waals surface area contributed by atoms with E-state index in [-0.39, 0.29) is 6.54 Å². The number of benzene rings is 1. The Balaban J connectivity index is 1.33. The Kier molecular flexibility index (Phi) is 4.36. The van der Waals surface area contributed by atoms with E-state index in [0.29, 0.717) is 17.5 Å². The van der Waals surface area contributed by atoms with Crippen LogP contribution in [0.5, 0.6) is 0 Å². The van der Waals surface area contributed by atoms with E-state index < -0.39 is 12.1 Å². The van der Waals surface area contributed by atoms with E-state index in [2.05, 4.69) is 26.2 Å². The van der Waals surface area contributed by atoms with Gasteiger partial charge in [-0.1, -0.05) is 0 Å². The van der Waals surface area contributed by atoms with E-state index in [1.54, 1.807) is 24.3 Å². The normalized spacial score (nSPS) is 14.8. The molecular formula is C17H18N6O3. The van der Waals surface area contributed by atoms with E-state index >= 15 is 0 Å². The number of hydrogen-bond donors (Lipinski definition) is 3. The summed E-state index contributed by atoms with van der Waals surface area (Å²) in [5.41, 5.74) is 1.52. The highest BCUT2D eigenvalue weighted by Crippen LogP contribution is 2.36. The number of furan rings is 1. The molecule has 1 atom stereocenters. The molecule has 9 nitrogen and oxygen atoms in total. The highest BCUT2D eigenvalue weighted by molar-refractivity contribution is 5.89. The second-order valence-corrected chi connectivity index (χ2v) is 6.12. The van der Waals surface area contributed by atoms with Crippen LogP contribution in [0.3, 0.4) is 0 Å². The molecule has 4 rings (SSSR count). The molecule has 1 fully saturated rings. The van der Waals surface area contributed by atoms with Gasteiger partial charge in [-0.25, -0.2) is 9.48 Å². The number of rotatable bonds is 6. The first-order chi connectivity index (χ1) is 12.7. The number of hydrogen-bond acceptors (Lipinski definition) is 6. The zero-order valence-corrected chi connectivity index (χ0v) is 13.9. The van der Waals surface area contributed by atoms with Crippen molar-refractivity contribution in [2.45, 2.75) is 25.0 Å². The molecule has 9 heteroatoms. The first kappa shape index (κ1) is 16.3. The SMILES string of the molecule is O=C(NCC(O)c1ccco1)Nc1ccc(-c2nnnn2C2CC2)cc1. The summed E-state index contributed by atoms with van der Waals surface area (Å²) in [4.78, 5) is 12.0. The van der Waals surface area contributed by atoms with Crippen LogP contribution in [0, 0.1) is 0 Å². The Morgan fingerprint density at radius 2 is 2.12 bits per heavy atom. The van der Waals surface area contributed by atoms with Crippen molar-refractivity contribution in [1.29, 1.82) is 0 Å². The number of aliphatic hydroxyl groups excluding tert-OH is 1. The molecule has 2 amide bonds. The molecule has 2 heterocycles. The van der Waals surface area contributed by atoms with Crippen LogP contribution in [0.1, 0.15) is 30.7 Å². The van der Waals surface area contributed by atoms with Crippen LogP contribution < -0.4 is 10.6 Å². The highest BCUT2D eigenvalue weighted by Gasteiger charge is 2.28. The minimum atomic E-state index is -0.889. The van der Waals surface area contributed by atoms with Crippen molar-refractivity contribution in [3.8, 4) is 11.4 Å². The molecule has 1 unspecified atom stereocenters. The molecule has 0 aliphatic heterocycles. The Bertz CT molecular complexity index is 870. The van der Waals surface area contributed by atoms with Crippen molar-refractivity contribution in [3.05, 3.63) is 48.4 Å². The van der Waals surface area contributed by atoms with Gasteiger partial charge in [-0.15, -0.1) is 5.10 Å². The predicted molar refractivity (Wildman–Crippen MR) is 92.2 cm³/mol. The topological polar surface area (TPSA) is 118 Å². The van der Waals surface area contributed by atoms with Gasteiger partial charge in [0.25, 0.3) is 0 Å². The molecule has 1 saturated carbocycles. The molecule has 2 aromatic heterocycles. The molecule has 1 aliphatic carbocycles. The third-order valence-electron chi connectivity index (χ3n) is 4.11. The number of aliphatic hydroxyl groups is 1. The van der Waals surface area contributed by atoms with Crippen LogP contribution in [0.15, 0.2) is 47.1 Å². The smallest absolute Gasteiger partial charge is 0.319 e. The lowest BCUT2D eigenvalue weighted by Gasteiger charge is -2.11. The van der Waals surface area contributed by atoms with Gasteiger partial charge in [0.1, 0.15) is 11.9 Å². The van der Waals surface area contributed by atoms with Gasteiger partial charge >= 0.3 is 6.03 Å². The van der Waals surface area contributed by atoms with Gasteiger partial charge < -0.3 is 20.2 Å². The van der Waals surface area contributed by atoms with Gasteiger partial charge in [-0.05, 0) is 59.7 Å². The summed E-state index contributed by atoms with van der Waals surface area (Å²) in [5.74, 6) is 1.13. The number of nitrogens with one attached hydrogen (secondary N) is 2. The highest BCUT2D eigenvalue weighted by atomic mass is 16.4. The maximum atomic E-state index is 12.0. The first-order valence-electron chi connectivity index (χ1n) is 8.35. The summed E-state index contributed by atoms with van der Waals surface area (Å²) in [6, 6.07) is 10.6. The number of urea groups is 1. The molecule has 0 bridgehead atoms. The molecule has 0 radical (unpaired) electrons. The lowest BCUT2D eigenvalue weighted by atomic mass is 10.2. The molecule has 134 valence electrons. The molecule has 26 heavy (non-hydrogen) atoms. The Morgan fingerprint density at radius 3 is 2.81 bits per heavy atom. The molecule has 1 aromatic carbocycles. The lowest BCUT2D eigenvalue weighted by Crippen LogP contribution is -2.32. The average molecular weight is 354 g/mol. The van der Waals surface area contributed by atoms with Crippen molar-refractivity contribution < 1.29 is 14.3 Å². The van der Waals surface area contributed by atoms with E-state index in [4.69, 9.17) is 4.42 Å². The lowest BCUT2D eigenvalue weighted by molar-refractivity contribution is 0.149.